The maximum Gasteiger partial charge on any atom is 0.108 e. The van der Waals surface area contributed by atoms with Crippen molar-refractivity contribution in [2.45, 2.75) is 66.0 Å². The van der Waals surface area contributed by atoms with E-state index in [1.807, 2.05) is 6.20 Å². The molecule has 0 aliphatic heterocycles. The molecule has 3 nitrogen and oxygen atoms in total. The number of hydrogen-bond donors (Lipinski definition) is 1. The van der Waals surface area contributed by atoms with Gasteiger partial charge in [0.15, 0.2) is 0 Å². The van der Waals surface area contributed by atoms with Crippen LogP contribution in [-0.4, -0.2) is 21.6 Å². The summed E-state index contributed by atoms with van der Waals surface area (Å²) in [5, 5.41) is 3.56. The second-order valence-electron chi connectivity index (χ2n) is 6.31. The van der Waals surface area contributed by atoms with Crippen LogP contribution in [0.3, 0.4) is 0 Å². The topological polar surface area (TPSA) is 29.9 Å². The van der Waals surface area contributed by atoms with Crippen molar-refractivity contribution in [3.8, 4) is 0 Å². The zero-order valence-corrected chi connectivity index (χ0v) is 12.7. The number of aryl methyl sites for hydroxylation is 2. The average Bonchev–Trinajstić information content (AvgIpc) is 2.71. The Labute approximate surface area is 112 Å². The van der Waals surface area contributed by atoms with Gasteiger partial charge in [-0.3, -0.25) is 0 Å². The van der Waals surface area contributed by atoms with Crippen LogP contribution in [0, 0.1) is 5.92 Å². The first kappa shape index (κ1) is 15.2. The van der Waals surface area contributed by atoms with Crippen molar-refractivity contribution in [1.82, 2.24) is 14.9 Å². The van der Waals surface area contributed by atoms with Gasteiger partial charge in [-0.15, -0.1) is 0 Å². The molecule has 1 atom stereocenters. The van der Waals surface area contributed by atoms with Crippen LogP contribution in [0.25, 0.3) is 0 Å². The van der Waals surface area contributed by atoms with Gasteiger partial charge in [-0.2, -0.15) is 0 Å². The van der Waals surface area contributed by atoms with Crippen molar-refractivity contribution in [2.75, 3.05) is 6.54 Å². The zero-order valence-electron chi connectivity index (χ0n) is 12.7. The summed E-state index contributed by atoms with van der Waals surface area (Å²) in [4.78, 5) is 4.46. The lowest BCUT2D eigenvalue weighted by atomic mass is 10.0. The lowest BCUT2D eigenvalue weighted by Crippen LogP contribution is -2.38. The van der Waals surface area contributed by atoms with E-state index in [9.17, 15) is 0 Å². The molecule has 1 unspecified atom stereocenters. The highest BCUT2D eigenvalue weighted by Gasteiger charge is 2.12. The van der Waals surface area contributed by atoms with Crippen molar-refractivity contribution in [2.24, 2.45) is 5.92 Å². The van der Waals surface area contributed by atoms with Crippen molar-refractivity contribution in [1.29, 1.82) is 0 Å². The summed E-state index contributed by atoms with van der Waals surface area (Å²) in [5.41, 5.74) is 0.217. The van der Waals surface area contributed by atoms with Crippen LogP contribution in [0.4, 0.5) is 0 Å². The number of rotatable bonds is 7. The molecule has 104 valence electrons. The molecule has 0 bridgehead atoms. The third kappa shape index (κ3) is 5.67. The smallest absolute Gasteiger partial charge is 0.108 e. The van der Waals surface area contributed by atoms with Gasteiger partial charge in [-0.05, 0) is 46.1 Å². The SMILES string of the molecule is CCCn1ccnc1CCC(C)CNC(C)(C)C. The van der Waals surface area contributed by atoms with Crippen LogP contribution >= 0.6 is 0 Å². The number of aromatic nitrogens is 2. The van der Waals surface area contributed by atoms with Crippen molar-refractivity contribution in [3.05, 3.63) is 18.2 Å². The molecule has 0 spiro atoms. The number of nitrogens with zero attached hydrogens (tertiary/aromatic N) is 2. The first-order chi connectivity index (χ1) is 8.42. The van der Waals surface area contributed by atoms with Crippen LogP contribution in [-0.2, 0) is 13.0 Å². The Morgan fingerprint density at radius 3 is 2.72 bits per heavy atom. The molecule has 1 aromatic rings. The average molecular weight is 251 g/mol. The van der Waals surface area contributed by atoms with Crippen molar-refractivity contribution in [3.63, 3.8) is 0 Å². The first-order valence-corrected chi connectivity index (χ1v) is 7.17. The van der Waals surface area contributed by atoms with Gasteiger partial charge >= 0.3 is 0 Å². The van der Waals surface area contributed by atoms with E-state index >= 15 is 0 Å². The maximum atomic E-state index is 4.46. The predicted molar refractivity (Wildman–Crippen MR) is 77.8 cm³/mol. The fraction of sp³-hybridized carbons (Fsp3) is 0.800. The van der Waals surface area contributed by atoms with Crippen LogP contribution < -0.4 is 5.32 Å². The fourth-order valence-corrected chi connectivity index (χ4v) is 1.97. The summed E-state index contributed by atoms with van der Waals surface area (Å²) in [6, 6.07) is 0. The lowest BCUT2D eigenvalue weighted by molar-refractivity contribution is 0.370. The Morgan fingerprint density at radius 2 is 2.11 bits per heavy atom. The van der Waals surface area contributed by atoms with E-state index in [4.69, 9.17) is 0 Å². The normalized spacial score (nSPS) is 13.8. The minimum atomic E-state index is 0.217. The van der Waals surface area contributed by atoms with E-state index in [1.54, 1.807) is 0 Å². The molecular formula is C15H29N3. The molecule has 0 aromatic carbocycles. The molecule has 0 aliphatic rings. The summed E-state index contributed by atoms with van der Waals surface area (Å²) in [5.74, 6) is 1.93. The molecule has 0 fully saturated rings. The molecule has 0 amide bonds. The highest BCUT2D eigenvalue weighted by molar-refractivity contribution is 4.92. The molecule has 1 aromatic heterocycles. The quantitative estimate of drug-likeness (QED) is 0.806. The molecular weight excluding hydrogens is 222 g/mol. The Morgan fingerprint density at radius 1 is 1.39 bits per heavy atom. The van der Waals surface area contributed by atoms with E-state index in [2.05, 4.69) is 55.7 Å². The Kier molecular flexibility index (Phi) is 5.86. The van der Waals surface area contributed by atoms with Gasteiger partial charge in [0, 0.05) is 30.9 Å². The van der Waals surface area contributed by atoms with Crippen LogP contribution in [0.1, 0.15) is 53.3 Å². The van der Waals surface area contributed by atoms with Crippen LogP contribution in [0.5, 0.6) is 0 Å². The van der Waals surface area contributed by atoms with Crippen LogP contribution in [0.2, 0.25) is 0 Å². The van der Waals surface area contributed by atoms with Gasteiger partial charge in [0.05, 0.1) is 0 Å². The highest BCUT2D eigenvalue weighted by atomic mass is 15.1. The highest BCUT2D eigenvalue weighted by Crippen LogP contribution is 2.10. The summed E-state index contributed by atoms with van der Waals surface area (Å²) >= 11 is 0. The largest absolute Gasteiger partial charge is 0.335 e. The molecule has 1 rings (SSSR count). The number of hydrogen-bond acceptors (Lipinski definition) is 2. The standard InChI is InChI=1S/C15H29N3/c1-6-10-18-11-9-16-14(18)8-7-13(2)12-17-15(3,4)5/h9,11,13,17H,6-8,10,12H2,1-5H3. The van der Waals surface area contributed by atoms with E-state index < -0.39 is 0 Å². The van der Waals surface area contributed by atoms with Crippen LogP contribution in [0.15, 0.2) is 12.4 Å². The van der Waals surface area contributed by atoms with E-state index in [0.717, 1.165) is 19.5 Å². The Bertz CT molecular complexity index is 336. The zero-order chi connectivity index (χ0) is 13.6. The van der Waals surface area contributed by atoms with Gasteiger partial charge in [0.1, 0.15) is 5.82 Å². The first-order valence-electron chi connectivity index (χ1n) is 7.17. The molecule has 18 heavy (non-hydrogen) atoms. The summed E-state index contributed by atoms with van der Waals surface area (Å²) in [7, 11) is 0. The summed E-state index contributed by atoms with van der Waals surface area (Å²) in [6.07, 6.45) is 7.47. The van der Waals surface area contributed by atoms with Crippen molar-refractivity contribution >= 4 is 0 Å². The Balaban J connectivity index is 2.33. The third-order valence-electron chi connectivity index (χ3n) is 3.11. The minimum absolute atomic E-state index is 0.217. The van der Waals surface area contributed by atoms with E-state index in [1.165, 1.54) is 18.7 Å². The third-order valence-corrected chi connectivity index (χ3v) is 3.11. The van der Waals surface area contributed by atoms with Gasteiger partial charge in [-0.25, -0.2) is 4.98 Å². The van der Waals surface area contributed by atoms with Gasteiger partial charge in [0.2, 0.25) is 0 Å². The molecule has 1 heterocycles. The second-order valence-corrected chi connectivity index (χ2v) is 6.31. The second kappa shape index (κ2) is 6.93. The molecule has 3 heteroatoms. The van der Waals surface area contributed by atoms with E-state index in [0.29, 0.717) is 5.92 Å². The maximum absolute atomic E-state index is 4.46. The Hall–Kier alpha value is -0.830. The molecule has 0 radical (unpaired) electrons. The summed E-state index contributed by atoms with van der Waals surface area (Å²) < 4.78 is 2.28. The van der Waals surface area contributed by atoms with Gasteiger partial charge < -0.3 is 9.88 Å². The molecule has 1 N–H and O–H groups in total. The number of nitrogens with one attached hydrogen (secondary N) is 1. The predicted octanol–water partition coefficient (Wildman–Crippen LogP) is 3.25. The number of imidazole rings is 1. The minimum Gasteiger partial charge on any atom is -0.335 e. The van der Waals surface area contributed by atoms with Crippen molar-refractivity contribution < 1.29 is 0 Å². The summed E-state index contributed by atoms with van der Waals surface area (Å²) in [6.45, 7) is 13.3. The van der Waals surface area contributed by atoms with E-state index in [-0.39, 0.29) is 5.54 Å². The van der Waals surface area contributed by atoms with Gasteiger partial charge in [0.25, 0.3) is 0 Å². The van der Waals surface area contributed by atoms with Gasteiger partial charge in [-0.1, -0.05) is 13.8 Å². The molecule has 0 saturated heterocycles. The monoisotopic (exact) mass is 251 g/mol. The fourth-order valence-electron chi connectivity index (χ4n) is 1.97. The molecule has 0 saturated carbocycles. The lowest BCUT2D eigenvalue weighted by Gasteiger charge is -2.23. The molecule has 0 aliphatic carbocycles.